The van der Waals surface area contributed by atoms with Crippen molar-refractivity contribution in [2.75, 3.05) is 24.0 Å². The molecule has 0 aliphatic rings. The standard InChI is InChI=1S/C35H45N5O2S2/c1-43(41)26-15-7-3-5-13-24-39-32-22-11-9-18-28(32)37-34(39)30-20-17-21-31(36-30)35-38-29-19-10-12-23-33(29)40(35)25-14-6-4-8-16-27-44(2)42/h9-12,17-23H,3-8,13-16,24-27H2,1-2H3. The first kappa shape index (κ1) is 32.2. The quantitative estimate of drug-likeness (QED) is 0.0923. The van der Waals surface area contributed by atoms with E-state index < -0.39 is 21.6 Å². The smallest absolute Gasteiger partial charge is 0.159 e. The van der Waals surface area contributed by atoms with Crippen LogP contribution in [0, 0.1) is 0 Å². The fourth-order valence-electron chi connectivity index (χ4n) is 5.89. The molecule has 0 amide bonds. The first-order valence-electron chi connectivity index (χ1n) is 16.0. The summed E-state index contributed by atoms with van der Waals surface area (Å²) in [6.07, 6.45) is 14.6. The molecule has 0 saturated carbocycles. The minimum Gasteiger partial charge on any atom is -0.323 e. The van der Waals surface area contributed by atoms with E-state index in [1.165, 1.54) is 0 Å². The fraction of sp³-hybridized carbons (Fsp3) is 0.457. The topological polar surface area (TPSA) is 82.7 Å². The zero-order chi connectivity index (χ0) is 30.7. The van der Waals surface area contributed by atoms with Crippen LogP contribution in [0.25, 0.3) is 45.1 Å². The Bertz CT molecular complexity index is 1590. The molecule has 44 heavy (non-hydrogen) atoms. The number of para-hydroxylation sites is 4. The summed E-state index contributed by atoms with van der Waals surface area (Å²) in [5, 5.41) is 0. The Hall–Kier alpha value is -3.17. The van der Waals surface area contributed by atoms with Gasteiger partial charge in [-0.15, -0.1) is 0 Å². The summed E-state index contributed by atoms with van der Waals surface area (Å²) in [5.41, 5.74) is 5.95. The summed E-state index contributed by atoms with van der Waals surface area (Å²) < 4.78 is 27.3. The maximum atomic E-state index is 11.4. The molecule has 2 atom stereocenters. The number of imidazole rings is 2. The SMILES string of the molecule is CS(=O)CCCCCCCn1c(-c2cccc(-c3nc4ccccc4n3CCCCCCCS(C)=O)n2)nc2ccccc21. The molecule has 5 rings (SSSR count). The monoisotopic (exact) mass is 631 g/mol. The Labute approximate surface area is 266 Å². The van der Waals surface area contributed by atoms with Crippen LogP contribution < -0.4 is 0 Å². The van der Waals surface area contributed by atoms with Crippen LogP contribution in [0.5, 0.6) is 0 Å². The van der Waals surface area contributed by atoms with Gasteiger partial charge in [-0.25, -0.2) is 15.0 Å². The predicted molar refractivity (Wildman–Crippen MR) is 186 cm³/mol. The molecule has 2 aromatic carbocycles. The van der Waals surface area contributed by atoms with E-state index in [1.807, 2.05) is 12.1 Å². The van der Waals surface area contributed by atoms with Gasteiger partial charge in [0.2, 0.25) is 0 Å². The molecule has 0 N–H and O–H groups in total. The highest BCUT2D eigenvalue weighted by atomic mass is 32.2. The number of benzene rings is 2. The van der Waals surface area contributed by atoms with Crippen LogP contribution in [0.4, 0.5) is 0 Å². The van der Waals surface area contributed by atoms with Crippen molar-refractivity contribution in [3.63, 3.8) is 0 Å². The second kappa shape index (κ2) is 16.2. The van der Waals surface area contributed by atoms with Crippen LogP contribution in [-0.4, -0.2) is 56.5 Å². The molecular weight excluding hydrogens is 587 g/mol. The van der Waals surface area contributed by atoms with Gasteiger partial charge >= 0.3 is 0 Å². The number of aromatic nitrogens is 5. The van der Waals surface area contributed by atoms with E-state index in [-0.39, 0.29) is 0 Å². The lowest BCUT2D eigenvalue weighted by Crippen LogP contribution is -2.05. The number of aryl methyl sites for hydroxylation is 2. The van der Waals surface area contributed by atoms with E-state index in [0.717, 1.165) is 134 Å². The number of hydrogen-bond donors (Lipinski definition) is 0. The Morgan fingerprint density at radius 3 is 1.36 bits per heavy atom. The van der Waals surface area contributed by atoms with Crippen molar-refractivity contribution in [1.82, 2.24) is 24.1 Å². The lowest BCUT2D eigenvalue weighted by atomic mass is 10.1. The summed E-state index contributed by atoms with van der Waals surface area (Å²) in [5.74, 6) is 3.39. The third kappa shape index (κ3) is 8.51. The van der Waals surface area contributed by atoms with E-state index in [1.54, 1.807) is 12.5 Å². The summed E-state index contributed by atoms with van der Waals surface area (Å²) in [6, 6.07) is 22.9. The fourth-order valence-corrected chi connectivity index (χ4v) is 7.11. The van der Waals surface area contributed by atoms with Crippen molar-refractivity contribution in [3.8, 4) is 23.0 Å². The van der Waals surface area contributed by atoms with E-state index in [9.17, 15) is 8.42 Å². The highest BCUT2D eigenvalue weighted by Gasteiger charge is 2.17. The van der Waals surface area contributed by atoms with Crippen LogP contribution in [0.2, 0.25) is 0 Å². The maximum absolute atomic E-state index is 11.4. The minimum absolute atomic E-state index is 0.699. The van der Waals surface area contributed by atoms with Crippen LogP contribution in [0.1, 0.15) is 64.2 Å². The second-order valence-corrected chi connectivity index (χ2v) is 14.8. The van der Waals surface area contributed by atoms with Crippen LogP contribution in [-0.2, 0) is 34.7 Å². The molecule has 234 valence electrons. The van der Waals surface area contributed by atoms with Crippen molar-refractivity contribution in [1.29, 1.82) is 0 Å². The minimum atomic E-state index is -0.699. The summed E-state index contributed by atoms with van der Waals surface area (Å²) >= 11 is 0. The number of fused-ring (bicyclic) bond motifs is 2. The number of pyridine rings is 1. The van der Waals surface area contributed by atoms with Gasteiger partial charge < -0.3 is 9.13 Å². The first-order chi connectivity index (χ1) is 21.5. The molecule has 0 bridgehead atoms. The number of rotatable bonds is 18. The van der Waals surface area contributed by atoms with Crippen molar-refractivity contribution < 1.29 is 8.42 Å². The van der Waals surface area contributed by atoms with Gasteiger partial charge in [0, 0.05) is 58.7 Å². The Kier molecular flexibility index (Phi) is 11.9. The molecule has 0 spiro atoms. The highest BCUT2D eigenvalue weighted by Crippen LogP contribution is 2.29. The van der Waals surface area contributed by atoms with Gasteiger partial charge in [0.05, 0.1) is 22.1 Å². The highest BCUT2D eigenvalue weighted by molar-refractivity contribution is 7.84. The van der Waals surface area contributed by atoms with E-state index in [4.69, 9.17) is 15.0 Å². The molecule has 9 heteroatoms. The molecule has 0 fully saturated rings. The lowest BCUT2D eigenvalue weighted by Gasteiger charge is -2.12. The van der Waals surface area contributed by atoms with Gasteiger partial charge in [-0.05, 0) is 62.1 Å². The van der Waals surface area contributed by atoms with E-state index >= 15 is 0 Å². The molecular formula is C35H45N5O2S2. The summed E-state index contributed by atoms with van der Waals surface area (Å²) in [7, 11) is -1.40. The van der Waals surface area contributed by atoms with Gasteiger partial charge in [-0.3, -0.25) is 8.42 Å². The van der Waals surface area contributed by atoms with Gasteiger partial charge in [-0.2, -0.15) is 0 Å². The molecule has 0 radical (unpaired) electrons. The third-order valence-electron chi connectivity index (χ3n) is 8.14. The Balaban J connectivity index is 1.35. The van der Waals surface area contributed by atoms with Gasteiger partial charge in [-0.1, -0.05) is 68.9 Å². The average Bonchev–Trinajstić information content (AvgIpc) is 3.58. The van der Waals surface area contributed by atoms with Gasteiger partial charge in [0.25, 0.3) is 0 Å². The molecule has 5 aromatic rings. The predicted octanol–water partition coefficient (Wildman–Crippen LogP) is 7.77. The molecule has 2 unspecified atom stereocenters. The molecule has 3 heterocycles. The van der Waals surface area contributed by atoms with Crippen LogP contribution >= 0.6 is 0 Å². The van der Waals surface area contributed by atoms with E-state index in [0.29, 0.717) is 0 Å². The molecule has 0 aliphatic carbocycles. The zero-order valence-corrected chi connectivity index (χ0v) is 27.8. The van der Waals surface area contributed by atoms with Gasteiger partial charge in [0.15, 0.2) is 11.6 Å². The van der Waals surface area contributed by atoms with E-state index in [2.05, 4.69) is 63.7 Å². The van der Waals surface area contributed by atoms with Crippen molar-refractivity contribution >= 4 is 43.7 Å². The third-order valence-corrected chi connectivity index (χ3v) is 9.87. The zero-order valence-electron chi connectivity index (χ0n) is 26.1. The summed E-state index contributed by atoms with van der Waals surface area (Å²) in [4.78, 5) is 15.3. The first-order valence-corrected chi connectivity index (χ1v) is 19.4. The molecule has 3 aromatic heterocycles. The van der Waals surface area contributed by atoms with Crippen molar-refractivity contribution in [3.05, 3.63) is 66.7 Å². The number of nitrogens with zero attached hydrogens (tertiary/aromatic N) is 5. The Morgan fingerprint density at radius 1 is 0.500 bits per heavy atom. The lowest BCUT2D eigenvalue weighted by molar-refractivity contribution is 0.577. The van der Waals surface area contributed by atoms with Gasteiger partial charge in [0.1, 0.15) is 11.4 Å². The Morgan fingerprint density at radius 2 is 0.909 bits per heavy atom. The molecule has 0 saturated heterocycles. The number of unbranched alkanes of at least 4 members (excludes halogenated alkanes) is 8. The van der Waals surface area contributed by atoms with Crippen molar-refractivity contribution in [2.24, 2.45) is 0 Å². The summed E-state index contributed by atoms with van der Waals surface area (Å²) in [6.45, 7) is 1.77. The normalized spacial score (nSPS) is 13.1. The molecule has 0 aliphatic heterocycles. The average molecular weight is 632 g/mol. The number of hydrogen-bond acceptors (Lipinski definition) is 5. The van der Waals surface area contributed by atoms with Crippen molar-refractivity contribution in [2.45, 2.75) is 77.3 Å². The largest absolute Gasteiger partial charge is 0.323 e. The second-order valence-electron chi connectivity index (χ2n) is 11.6. The molecule has 7 nitrogen and oxygen atoms in total. The maximum Gasteiger partial charge on any atom is 0.159 e. The van der Waals surface area contributed by atoms with Crippen LogP contribution in [0.3, 0.4) is 0 Å². The van der Waals surface area contributed by atoms with Crippen LogP contribution in [0.15, 0.2) is 66.7 Å².